The molecule has 1 aliphatic heterocycles. The van der Waals surface area contributed by atoms with Crippen molar-refractivity contribution in [2.24, 2.45) is 0 Å². The molecular weight excluding hydrogens is 390 g/mol. The maximum Gasteiger partial charge on any atom is 0.161 e. The number of aliphatic hydroxyl groups is 1. The number of benzene rings is 3. The fraction of sp³-hybridized carbons (Fsp3) is 0.308. The maximum absolute atomic E-state index is 10.6. The molecule has 1 heterocycles. The first kappa shape index (κ1) is 21.4. The van der Waals surface area contributed by atoms with Crippen LogP contribution in [0.3, 0.4) is 0 Å². The minimum absolute atomic E-state index is 0.0746. The molecular formula is C26H29NO4. The van der Waals surface area contributed by atoms with Crippen LogP contribution in [0, 0.1) is 0 Å². The van der Waals surface area contributed by atoms with Gasteiger partial charge in [-0.1, -0.05) is 72.8 Å². The quantitative estimate of drug-likeness (QED) is 0.570. The summed E-state index contributed by atoms with van der Waals surface area (Å²) in [6.07, 6.45) is -0.903. The third-order valence-electron chi connectivity index (χ3n) is 5.27. The lowest BCUT2D eigenvalue weighted by Crippen LogP contribution is -2.42. The maximum atomic E-state index is 10.6. The smallest absolute Gasteiger partial charge is 0.161 e. The summed E-state index contributed by atoms with van der Waals surface area (Å²) in [5.74, 6) is 1.55. The first-order chi connectivity index (χ1) is 15.2. The van der Waals surface area contributed by atoms with Crippen molar-refractivity contribution >= 4 is 0 Å². The van der Waals surface area contributed by atoms with Gasteiger partial charge in [0.1, 0.15) is 18.8 Å². The molecule has 3 aromatic rings. The van der Waals surface area contributed by atoms with Crippen LogP contribution in [0.25, 0.3) is 0 Å². The van der Waals surface area contributed by atoms with Crippen molar-refractivity contribution in [3.8, 4) is 11.5 Å². The molecule has 4 rings (SSSR count). The minimum Gasteiger partial charge on any atom is -0.486 e. The molecule has 0 bridgehead atoms. The third kappa shape index (κ3) is 5.85. The number of aliphatic hydroxyl groups excluding tert-OH is 1. The Morgan fingerprint density at radius 1 is 0.903 bits per heavy atom. The molecule has 0 fully saturated rings. The van der Waals surface area contributed by atoms with Gasteiger partial charge in [-0.3, -0.25) is 4.90 Å². The number of rotatable bonds is 9. The summed E-state index contributed by atoms with van der Waals surface area (Å²) in [7, 11) is 1.97. The van der Waals surface area contributed by atoms with Gasteiger partial charge in [-0.15, -0.1) is 0 Å². The van der Waals surface area contributed by atoms with Gasteiger partial charge >= 0.3 is 0 Å². The highest BCUT2D eigenvalue weighted by Gasteiger charge is 2.23. The van der Waals surface area contributed by atoms with Gasteiger partial charge in [-0.25, -0.2) is 0 Å². The van der Waals surface area contributed by atoms with E-state index in [1.165, 1.54) is 0 Å². The van der Waals surface area contributed by atoms with Gasteiger partial charge in [0, 0.05) is 13.1 Å². The van der Waals surface area contributed by atoms with Gasteiger partial charge in [0.15, 0.2) is 11.5 Å². The van der Waals surface area contributed by atoms with E-state index in [0.29, 0.717) is 19.7 Å². The highest BCUT2D eigenvalue weighted by atomic mass is 16.6. The van der Waals surface area contributed by atoms with Crippen molar-refractivity contribution in [3.63, 3.8) is 0 Å². The first-order valence-electron chi connectivity index (χ1n) is 10.7. The van der Waals surface area contributed by atoms with Crippen LogP contribution in [-0.4, -0.2) is 55.6 Å². The summed E-state index contributed by atoms with van der Waals surface area (Å²) in [5.41, 5.74) is 2.14. The number of para-hydroxylation sites is 2. The zero-order chi connectivity index (χ0) is 21.5. The largest absolute Gasteiger partial charge is 0.486 e. The molecule has 5 heteroatoms. The number of ether oxygens (including phenoxy) is 3. The van der Waals surface area contributed by atoms with E-state index in [9.17, 15) is 5.11 Å². The Kier molecular flexibility index (Phi) is 7.20. The highest BCUT2D eigenvalue weighted by molar-refractivity contribution is 5.40. The van der Waals surface area contributed by atoms with Gasteiger partial charge in [0.25, 0.3) is 0 Å². The fourth-order valence-electron chi connectivity index (χ4n) is 3.84. The molecule has 2 unspecified atom stereocenters. The first-order valence-corrected chi connectivity index (χ1v) is 10.7. The standard InChI is InChI=1S/C26H29NO4/c1-27(17-23-19-29-24-14-8-9-15-25(24)31-23)16-22(28)18-30-26(20-10-4-2-5-11-20)21-12-6-3-7-13-21/h2-15,22-23,26,28H,16-19H2,1H3. The van der Waals surface area contributed by atoms with E-state index >= 15 is 0 Å². The molecule has 162 valence electrons. The molecule has 0 spiro atoms. The van der Waals surface area contributed by atoms with Gasteiger partial charge in [-0.05, 0) is 30.3 Å². The highest BCUT2D eigenvalue weighted by Crippen LogP contribution is 2.31. The van der Waals surface area contributed by atoms with Crippen molar-refractivity contribution < 1.29 is 19.3 Å². The molecule has 3 aromatic carbocycles. The summed E-state index contributed by atoms with van der Waals surface area (Å²) in [6.45, 7) is 1.88. The van der Waals surface area contributed by atoms with E-state index in [1.807, 2.05) is 67.7 Å². The normalized spacial score (nSPS) is 16.5. The molecule has 0 saturated heterocycles. The zero-order valence-electron chi connectivity index (χ0n) is 17.8. The molecule has 0 saturated carbocycles. The molecule has 5 nitrogen and oxygen atoms in total. The second-order valence-corrected chi connectivity index (χ2v) is 7.91. The van der Waals surface area contributed by atoms with E-state index in [0.717, 1.165) is 22.6 Å². The fourth-order valence-corrected chi connectivity index (χ4v) is 3.84. The number of likely N-dealkylation sites (N-methyl/N-ethyl adjacent to an activating group) is 1. The van der Waals surface area contributed by atoms with Crippen molar-refractivity contribution in [3.05, 3.63) is 96.1 Å². The molecule has 0 aliphatic carbocycles. The molecule has 0 aromatic heterocycles. The van der Waals surface area contributed by atoms with E-state index < -0.39 is 6.10 Å². The average molecular weight is 420 g/mol. The Balaban J connectivity index is 1.30. The lowest BCUT2D eigenvalue weighted by molar-refractivity contribution is -0.0123. The van der Waals surface area contributed by atoms with Crippen molar-refractivity contribution in [2.45, 2.75) is 18.3 Å². The zero-order valence-corrected chi connectivity index (χ0v) is 17.8. The number of fused-ring (bicyclic) bond motifs is 1. The van der Waals surface area contributed by atoms with Crippen molar-refractivity contribution in [1.82, 2.24) is 4.90 Å². The van der Waals surface area contributed by atoms with Gasteiger partial charge in [0.2, 0.25) is 0 Å². The molecule has 0 radical (unpaired) electrons. The Labute approximate surface area is 183 Å². The number of hydrogen-bond acceptors (Lipinski definition) is 5. The Bertz CT molecular complexity index is 895. The van der Waals surface area contributed by atoms with Crippen LogP contribution in [0.4, 0.5) is 0 Å². The van der Waals surface area contributed by atoms with Crippen LogP contribution < -0.4 is 9.47 Å². The topological polar surface area (TPSA) is 51.2 Å². The van der Waals surface area contributed by atoms with Crippen LogP contribution >= 0.6 is 0 Å². The lowest BCUT2D eigenvalue weighted by atomic mass is 10.0. The van der Waals surface area contributed by atoms with E-state index in [4.69, 9.17) is 14.2 Å². The Morgan fingerprint density at radius 3 is 2.13 bits per heavy atom. The van der Waals surface area contributed by atoms with E-state index in [1.54, 1.807) is 0 Å². The second-order valence-electron chi connectivity index (χ2n) is 7.91. The number of hydrogen-bond donors (Lipinski definition) is 1. The van der Waals surface area contributed by atoms with Crippen LogP contribution in [0.5, 0.6) is 11.5 Å². The molecule has 1 aliphatic rings. The van der Waals surface area contributed by atoms with Crippen LogP contribution in [-0.2, 0) is 4.74 Å². The van der Waals surface area contributed by atoms with E-state index in [2.05, 4.69) is 29.2 Å². The van der Waals surface area contributed by atoms with Gasteiger partial charge < -0.3 is 19.3 Å². The summed E-state index contributed by atoms with van der Waals surface area (Å²) < 4.78 is 18.0. The summed E-state index contributed by atoms with van der Waals surface area (Å²) in [6, 6.07) is 27.9. The van der Waals surface area contributed by atoms with Gasteiger partial charge in [-0.2, -0.15) is 0 Å². The number of nitrogens with zero attached hydrogens (tertiary/aromatic N) is 1. The average Bonchev–Trinajstić information content (AvgIpc) is 2.80. The summed E-state index contributed by atoms with van der Waals surface area (Å²) in [4.78, 5) is 2.05. The molecule has 1 N–H and O–H groups in total. The SMILES string of the molecule is CN(CC(O)COC(c1ccccc1)c1ccccc1)CC1COc2ccccc2O1. The summed E-state index contributed by atoms with van der Waals surface area (Å²) in [5, 5.41) is 10.6. The lowest BCUT2D eigenvalue weighted by Gasteiger charge is -2.30. The second kappa shape index (κ2) is 10.4. The summed E-state index contributed by atoms with van der Waals surface area (Å²) >= 11 is 0. The molecule has 31 heavy (non-hydrogen) atoms. The molecule has 0 amide bonds. The van der Waals surface area contributed by atoms with E-state index in [-0.39, 0.29) is 18.8 Å². The van der Waals surface area contributed by atoms with Crippen LogP contribution in [0.1, 0.15) is 17.2 Å². The third-order valence-corrected chi connectivity index (χ3v) is 5.27. The van der Waals surface area contributed by atoms with Crippen LogP contribution in [0.15, 0.2) is 84.9 Å². The van der Waals surface area contributed by atoms with Crippen molar-refractivity contribution in [2.75, 3.05) is 33.4 Å². The van der Waals surface area contributed by atoms with Crippen molar-refractivity contribution in [1.29, 1.82) is 0 Å². The predicted octanol–water partition coefficient (Wildman–Crippen LogP) is 3.93. The van der Waals surface area contributed by atoms with Gasteiger partial charge in [0.05, 0.1) is 12.7 Å². The predicted molar refractivity (Wildman–Crippen MR) is 121 cm³/mol. The monoisotopic (exact) mass is 419 g/mol. The Hall–Kier alpha value is -2.86. The molecule has 2 atom stereocenters. The van der Waals surface area contributed by atoms with Crippen LogP contribution in [0.2, 0.25) is 0 Å². The minimum atomic E-state index is -0.614. The Morgan fingerprint density at radius 2 is 1.48 bits per heavy atom.